The van der Waals surface area contributed by atoms with Gasteiger partial charge in [-0.15, -0.1) is 0 Å². The maximum atomic E-state index is 12.5. The van der Waals surface area contributed by atoms with Gasteiger partial charge in [0.05, 0.1) is 12.0 Å². The van der Waals surface area contributed by atoms with Gasteiger partial charge in [0.1, 0.15) is 5.75 Å². The molecule has 0 bridgehead atoms. The number of nitrogens with one attached hydrogen (secondary N) is 2. The zero-order valence-corrected chi connectivity index (χ0v) is 17.2. The Balaban J connectivity index is 1.64. The third-order valence-corrected chi connectivity index (χ3v) is 5.39. The fourth-order valence-electron chi connectivity index (χ4n) is 3.64. The minimum Gasteiger partial charge on any atom is -0.494 e. The van der Waals surface area contributed by atoms with Crippen LogP contribution in [0, 0.1) is 0 Å². The molecule has 6 heteroatoms. The Morgan fingerprint density at radius 2 is 1.80 bits per heavy atom. The molecule has 6 nitrogen and oxygen atoms in total. The van der Waals surface area contributed by atoms with Gasteiger partial charge in [0.25, 0.3) is 0 Å². The Kier molecular flexibility index (Phi) is 6.67. The highest BCUT2D eigenvalue weighted by atomic mass is 16.5. The smallest absolute Gasteiger partial charge is 0.248 e. The van der Waals surface area contributed by atoms with E-state index in [1.54, 1.807) is 18.2 Å². The predicted molar refractivity (Wildman–Crippen MR) is 116 cm³/mol. The van der Waals surface area contributed by atoms with Gasteiger partial charge in [0.15, 0.2) is 0 Å². The van der Waals surface area contributed by atoms with Crippen LogP contribution in [0.1, 0.15) is 44.2 Å². The SMILES string of the molecule is CCOc1ccc(/C=C/C(=O)Nc2ccc(C3(CC)CCC(=O)NC3=O)cc2)cc1. The van der Waals surface area contributed by atoms with Gasteiger partial charge in [-0.3, -0.25) is 19.7 Å². The highest BCUT2D eigenvalue weighted by Crippen LogP contribution is 2.36. The van der Waals surface area contributed by atoms with Crippen LogP contribution in [0.25, 0.3) is 6.08 Å². The zero-order chi connectivity index (χ0) is 21.6. The topological polar surface area (TPSA) is 84.5 Å². The highest BCUT2D eigenvalue weighted by molar-refractivity contribution is 6.04. The first kappa shape index (κ1) is 21.3. The van der Waals surface area contributed by atoms with E-state index in [0.717, 1.165) is 16.9 Å². The van der Waals surface area contributed by atoms with Crippen molar-refractivity contribution in [3.8, 4) is 5.75 Å². The summed E-state index contributed by atoms with van der Waals surface area (Å²) in [6.45, 7) is 4.48. The second-order valence-electron chi connectivity index (χ2n) is 7.21. The largest absolute Gasteiger partial charge is 0.494 e. The Morgan fingerprint density at radius 1 is 1.10 bits per heavy atom. The molecule has 2 N–H and O–H groups in total. The first-order valence-corrected chi connectivity index (χ1v) is 10.1. The quantitative estimate of drug-likeness (QED) is 0.541. The molecule has 0 radical (unpaired) electrons. The van der Waals surface area contributed by atoms with Crippen LogP contribution in [0.5, 0.6) is 5.75 Å². The molecule has 0 saturated carbocycles. The van der Waals surface area contributed by atoms with E-state index < -0.39 is 5.41 Å². The third kappa shape index (κ3) is 4.76. The normalized spacial score (nSPS) is 18.9. The Labute approximate surface area is 176 Å². The summed E-state index contributed by atoms with van der Waals surface area (Å²) in [5.41, 5.74) is 1.67. The zero-order valence-electron chi connectivity index (χ0n) is 17.2. The first-order valence-electron chi connectivity index (χ1n) is 10.1. The molecule has 1 aliphatic rings. The van der Waals surface area contributed by atoms with Crippen molar-refractivity contribution in [2.45, 2.75) is 38.5 Å². The Hall–Kier alpha value is -3.41. The fourth-order valence-corrected chi connectivity index (χ4v) is 3.64. The summed E-state index contributed by atoms with van der Waals surface area (Å²) < 4.78 is 5.40. The van der Waals surface area contributed by atoms with Gasteiger partial charge in [0, 0.05) is 18.2 Å². The number of ether oxygens (including phenoxy) is 1. The third-order valence-electron chi connectivity index (χ3n) is 5.39. The molecule has 2 aromatic carbocycles. The number of piperidine rings is 1. The molecule has 3 amide bonds. The molecule has 156 valence electrons. The van der Waals surface area contributed by atoms with Crippen molar-refractivity contribution in [2.75, 3.05) is 11.9 Å². The average Bonchev–Trinajstić information content (AvgIpc) is 2.75. The van der Waals surface area contributed by atoms with Crippen LogP contribution >= 0.6 is 0 Å². The maximum Gasteiger partial charge on any atom is 0.248 e. The minimum absolute atomic E-state index is 0.229. The second kappa shape index (κ2) is 9.39. The summed E-state index contributed by atoms with van der Waals surface area (Å²) in [6.07, 6.45) is 4.62. The van der Waals surface area contributed by atoms with Crippen LogP contribution in [0.4, 0.5) is 5.69 Å². The van der Waals surface area contributed by atoms with E-state index in [-0.39, 0.29) is 17.7 Å². The van der Waals surface area contributed by atoms with E-state index in [0.29, 0.717) is 31.6 Å². The molecule has 1 aliphatic heterocycles. The lowest BCUT2D eigenvalue weighted by Crippen LogP contribution is -2.51. The number of hydrogen-bond acceptors (Lipinski definition) is 4. The van der Waals surface area contributed by atoms with Crippen LogP contribution in [0.3, 0.4) is 0 Å². The number of carbonyl (C=O) groups is 3. The Morgan fingerprint density at radius 3 is 2.40 bits per heavy atom. The van der Waals surface area contributed by atoms with E-state index in [2.05, 4.69) is 10.6 Å². The molecular formula is C24H26N2O4. The van der Waals surface area contributed by atoms with Crippen LogP contribution in [-0.2, 0) is 19.8 Å². The molecule has 3 rings (SSSR count). The van der Waals surface area contributed by atoms with Crippen molar-refractivity contribution < 1.29 is 19.1 Å². The summed E-state index contributed by atoms with van der Waals surface area (Å²) in [5.74, 6) is 0.0616. The molecule has 1 unspecified atom stereocenters. The number of carbonyl (C=O) groups excluding carboxylic acids is 3. The number of anilines is 1. The van der Waals surface area contributed by atoms with Crippen molar-refractivity contribution in [2.24, 2.45) is 0 Å². The van der Waals surface area contributed by atoms with Crippen LogP contribution in [0.2, 0.25) is 0 Å². The lowest BCUT2D eigenvalue weighted by atomic mass is 9.72. The molecule has 0 aliphatic carbocycles. The minimum atomic E-state index is -0.704. The van der Waals surface area contributed by atoms with E-state index in [4.69, 9.17) is 4.74 Å². The number of imide groups is 1. The van der Waals surface area contributed by atoms with E-state index in [1.807, 2.05) is 50.2 Å². The molecular weight excluding hydrogens is 380 g/mol. The maximum absolute atomic E-state index is 12.5. The van der Waals surface area contributed by atoms with Gasteiger partial charge in [0.2, 0.25) is 17.7 Å². The molecule has 1 fully saturated rings. The van der Waals surface area contributed by atoms with Gasteiger partial charge >= 0.3 is 0 Å². The summed E-state index contributed by atoms with van der Waals surface area (Å²) >= 11 is 0. The first-order chi connectivity index (χ1) is 14.5. The second-order valence-corrected chi connectivity index (χ2v) is 7.21. The highest BCUT2D eigenvalue weighted by Gasteiger charge is 2.42. The van der Waals surface area contributed by atoms with Crippen LogP contribution in [0.15, 0.2) is 54.6 Å². The number of amides is 3. The van der Waals surface area contributed by atoms with Gasteiger partial charge in [-0.05, 0) is 61.2 Å². The van der Waals surface area contributed by atoms with E-state index in [1.165, 1.54) is 6.08 Å². The van der Waals surface area contributed by atoms with Gasteiger partial charge < -0.3 is 10.1 Å². The predicted octanol–water partition coefficient (Wildman–Crippen LogP) is 3.82. The van der Waals surface area contributed by atoms with Crippen LogP contribution in [-0.4, -0.2) is 24.3 Å². The molecule has 30 heavy (non-hydrogen) atoms. The molecule has 1 atom stereocenters. The van der Waals surface area contributed by atoms with Crippen molar-refractivity contribution in [1.29, 1.82) is 0 Å². The Bertz CT molecular complexity index is 948. The molecule has 1 heterocycles. The lowest BCUT2D eigenvalue weighted by Gasteiger charge is -2.35. The number of hydrogen-bond donors (Lipinski definition) is 2. The standard InChI is InChI=1S/C24H26N2O4/c1-3-24(16-15-22(28)26-23(24)29)18-8-10-19(11-9-18)25-21(27)14-7-17-5-12-20(13-6-17)30-4-2/h5-14H,3-4,15-16H2,1-2H3,(H,25,27)(H,26,28,29)/b14-7+. The molecule has 2 aromatic rings. The molecule has 1 saturated heterocycles. The fraction of sp³-hybridized carbons (Fsp3) is 0.292. The van der Waals surface area contributed by atoms with Crippen LogP contribution < -0.4 is 15.4 Å². The van der Waals surface area contributed by atoms with Crippen molar-refractivity contribution in [3.05, 3.63) is 65.7 Å². The number of rotatable bonds is 7. The summed E-state index contributed by atoms with van der Waals surface area (Å²) in [6, 6.07) is 14.7. The molecule has 0 aromatic heterocycles. The van der Waals surface area contributed by atoms with E-state index in [9.17, 15) is 14.4 Å². The van der Waals surface area contributed by atoms with E-state index >= 15 is 0 Å². The van der Waals surface area contributed by atoms with Gasteiger partial charge in [-0.1, -0.05) is 31.2 Å². The van der Waals surface area contributed by atoms with Gasteiger partial charge in [-0.25, -0.2) is 0 Å². The van der Waals surface area contributed by atoms with Crippen molar-refractivity contribution in [3.63, 3.8) is 0 Å². The average molecular weight is 406 g/mol. The van der Waals surface area contributed by atoms with Crippen molar-refractivity contribution >= 4 is 29.5 Å². The summed E-state index contributed by atoms with van der Waals surface area (Å²) in [4.78, 5) is 36.2. The monoisotopic (exact) mass is 406 g/mol. The number of benzene rings is 2. The molecule has 0 spiro atoms. The lowest BCUT2D eigenvalue weighted by molar-refractivity contribution is -0.138. The van der Waals surface area contributed by atoms with Crippen molar-refractivity contribution in [1.82, 2.24) is 5.32 Å². The summed E-state index contributed by atoms with van der Waals surface area (Å²) in [7, 11) is 0. The van der Waals surface area contributed by atoms with Gasteiger partial charge in [-0.2, -0.15) is 0 Å². The summed E-state index contributed by atoms with van der Waals surface area (Å²) in [5, 5.41) is 5.26.